The summed E-state index contributed by atoms with van der Waals surface area (Å²) in [5.74, 6) is 0.936. The van der Waals surface area contributed by atoms with Crippen LogP contribution in [0.2, 0.25) is 0 Å². The molecule has 10 N–H and O–H groups in total. The van der Waals surface area contributed by atoms with E-state index in [-0.39, 0.29) is 24.5 Å². The second kappa shape index (κ2) is 52.9. The van der Waals surface area contributed by atoms with Crippen LogP contribution in [0.15, 0.2) is 224 Å². The molecule has 0 spiro atoms. The smallest absolute Gasteiger partial charge is 0.481 e. The van der Waals surface area contributed by atoms with Gasteiger partial charge in [0.1, 0.15) is 48.6 Å². The Bertz CT molecular complexity index is 5300. The summed E-state index contributed by atoms with van der Waals surface area (Å²) >= 11 is 3.40. The minimum absolute atomic E-state index is 0. The van der Waals surface area contributed by atoms with E-state index >= 15 is 0 Å². The number of rotatable bonds is 14. The number of para-hydroxylation sites is 2. The molecule has 23 nitrogen and oxygen atoms in total. The van der Waals surface area contributed by atoms with Crippen LogP contribution in [-0.4, -0.2) is 130 Å². The molecule has 1 radical (unpaired) electrons. The van der Waals surface area contributed by atoms with E-state index in [1.165, 1.54) is 126 Å². The number of carboxylic acid groups (broad SMARTS) is 2. The average molecular weight is 1970 g/mol. The number of nitrogens with zero attached hydrogens (tertiary/aromatic N) is 11. The molecule has 4 aliphatic rings. The van der Waals surface area contributed by atoms with Crippen molar-refractivity contribution in [1.82, 2.24) is 55.4 Å². The van der Waals surface area contributed by atoms with Gasteiger partial charge in [0, 0.05) is 118 Å². The van der Waals surface area contributed by atoms with Crippen molar-refractivity contribution < 1.29 is 99.6 Å². The van der Waals surface area contributed by atoms with Gasteiger partial charge in [-0.2, -0.15) is 52.7 Å². The first-order chi connectivity index (χ1) is 62.2. The molecule has 8 heterocycles. The number of carbonyl (C=O) groups is 2. The molecule has 0 aliphatic carbocycles. The van der Waals surface area contributed by atoms with Gasteiger partial charge >= 0.3 is 31.8 Å². The number of alkyl halides is 12. The van der Waals surface area contributed by atoms with Gasteiger partial charge in [0.25, 0.3) is 11.9 Å². The second-order valence-corrected chi connectivity index (χ2v) is 30.7. The van der Waals surface area contributed by atoms with E-state index in [9.17, 15) is 52.7 Å². The quantitative estimate of drug-likeness (QED) is 0.0357. The topological polar surface area (TPSA) is 300 Å². The number of aromatic nitrogens is 8. The normalized spacial score (nSPS) is 12.7. The zero-order valence-corrected chi connectivity index (χ0v) is 76.2. The summed E-state index contributed by atoms with van der Waals surface area (Å²) in [6.07, 6.45) is -8.33. The average Bonchev–Trinajstić information content (AvgIpc) is 0.795. The summed E-state index contributed by atoms with van der Waals surface area (Å²) in [5, 5.41) is 51.2. The van der Waals surface area contributed by atoms with E-state index in [1.54, 1.807) is 12.1 Å². The van der Waals surface area contributed by atoms with Gasteiger partial charge in [-0.3, -0.25) is 9.59 Å². The molecule has 4 aromatic heterocycles. The SMILES string of the molecule is C.CC(=O)O.CC(=O)O.CCN(CC)CC.Cc1ccccc1B(O)O.Cc1ccccc1Br.Cc1ccccc1N1CCc2c(ncnc2Nc2ccc(C(F)(F)F)cc2)C1.Cc1ccccc1N1CCc2c(ncnc2Nc2ccc(C(F)(F)F)cc2)C1.FC(F)(F)c1ccc(Nc2ncnc3c2CCNC3)cc1.FC(F)(F)c1ccc(Nc2ncnc3c2CCNC3)cc1.[Cu]. The molecule has 0 saturated carbocycles. The largest absolute Gasteiger partial charge is 0.488 e. The molecular weight excluding hydrogens is 1860 g/mol. The van der Waals surface area contributed by atoms with Gasteiger partial charge in [-0.05, 0) is 224 Å². The third-order valence-corrected chi connectivity index (χ3v) is 21.4. The molecule has 4 aliphatic heterocycles. The number of nitrogens with one attached hydrogen (secondary N) is 6. The van der Waals surface area contributed by atoms with E-state index in [0.29, 0.717) is 77.7 Å². The third kappa shape index (κ3) is 35.1. The molecule has 38 heteroatoms. The zero-order valence-electron chi connectivity index (χ0n) is 73.7. The fraction of sp³-hybridized carbons (Fsp3) is 0.305. The second-order valence-electron chi connectivity index (χ2n) is 29.8. The first-order valence-electron chi connectivity index (χ1n) is 41.6. The van der Waals surface area contributed by atoms with Crippen LogP contribution in [0.5, 0.6) is 0 Å². The summed E-state index contributed by atoms with van der Waals surface area (Å²) in [5.41, 5.74) is 14.9. The number of benzene rings is 8. The first-order valence-corrected chi connectivity index (χ1v) is 42.4. The molecule has 0 saturated heterocycles. The molecule has 8 aromatic carbocycles. The monoisotopic (exact) mass is 1960 g/mol. The van der Waals surface area contributed by atoms with Gasteiger partial charge in [-0.15, -0.1) is 0 Å². The maximum Gasteiger partial charge on any atom is 0.488 e. The van der Waals surface area contributed by atoms with Crippen LogP contribution in [0.1, 0.15) is 132 Å². The summed E-state index contributed by atoms with van der Waals surface area (Å²) in [6.45, 7) is 26.4. The molecule has 133 heavy (non-hydrogen) atoms. The van der Waals surface area contributed by atoms with Crippen LogP contribution in [0.25, 0.3) is 0 Å². The van der Waals surface area contributed by atoms with E-state index < -0.39 is 66.0 Å². The predicted molar refractivity (Wildman–Crippen MR) is 496 cm³/mol. The summed E-state index contributed by atoms with van der Waals surface area (Å²) in [6, 6.07) is 51.5. The first kappa shape index (κ1) is 110. The molecular formula is C95H107BBrCuF12N17O6. The molecule has 0 atom stereocenters. The van der Waals surface area contributed by atoms with E-state index in [0.717, 1.165) is 165 Å². The number of aliphatic carboxylic acids is 2. The summed E-state index contributed by atoms with van der Waals surface area (Å²) < 4.78 is 153. The van der Waals surface area contributed by atoms with Gasteiger partial charge in [0.15, 0.2) is 0 Å². The maximum absolute atomic E-state index is 12.7. The van der Waals surface area contributed by atoms with Crippen LogP contribution in [0.4, 0.5) is 110 Å². The van der Waals surface area contributed by atoms with Gasteiger partial charge in [0.05, 0.1) is 58.1 Å². The number of aryl methyl sites for hydroxylation is 4. The van der Waals surface area contributed by atoms with E-state index in [4.69, 9.17) is 29.9 Å². The standard InChI is InChI=1S/2C21H19F3N4.2C14H13F3N4.C7H9BO2.C7H7Br.C6H15N.2C2H4O2.CH4.Cu/c2*1-14-4-2-3-5-19(14)28-11-10-17-18(12-28)25-13-26-20(17)27-16-8-6-15(7-9-16)21(22,23)24;2*15-14(16,17)9-1-3-10(4-2-9)21-13-11-5-6-18-7-12(11)19-8-20-13;1-6-4-2-3-5-7(6)8(9)10;1-6-4-2-3-5-7(6)8;1-4-7(5-2)6-3;2*1-2(3)4;;/h2*2-9,13H,10-12H2,1H3,(H,25,26,27);2*1-4,8,18H,5-7H2,(H,19,20,21);2-5,9-10H,1H3;2-5H,1H3;4-6H2,1-3H3;2*1H3,(H,3,4);1H4;. The molecule has 16 rings (SSSR count). The predicted octanol–water partition coefficient (Wildman–Crippen LogP) is 20.6. The molecule has 0 bridgehead atoms. The van der Waals surface area contributed by atoms with E-state index in [2.05, 4.69) is 174 Å². The van der Waals surface area contributed by atoms with Crippen LogP contribution in [-0.2, 0) is 103 Å². The van der Waals surface area contributed by atoms with Crippen molar-refractivity contribution in [2.75, 3.05) is 76.9 Å². The Balaban J connectivity index is 0.000000245. The number of hydrogen-bond donors (Lipinski definition) is 10. The molecule has 12 aromatic rings. The van der Waals surface area contributed by atoms with Crippen molar-refractivity contribution in [3.8, 4) is 0 Å². The molecule has 713 valence electrons. The van der Waals surface area contributed by atoms with Gasteiger partial charge in [-0.1, -0.05) is 129 Å². The van der Waals surface area contributed by atoms with Crippen LogP contribution in [0, 0.1) is 27.7 Å². The minimum Gasteiger partial charge on any atom is -0.481 e. The Hall–Kier alpha value is -12.2. The van der Waals surface area contributed by atoms with Crippen molar-refractivity contribution in [3.05, 3.63) is 313 Å². The fourth-order valence-corrected chi connectivity index (χ4v) is 13.9. The Morgan fingerprint density at radius 3 is 0.902 bits per heavy atom. The van der Waals surface area contributed by atoms with Crippen LogP contribution < -0.4 is 47.2 Å². The number of carboxylic acids is 2. The Morgan fingerprint density at radius 2 is 0.662 bits per heavy atom. The Kier molecular flexibility index (Phi) is 43.6. The Labute approximate surface area is 785 Å². The molecule has 0 amide bonds. The van der Waals surface area contributed by atoms with Gasteiger partial charge in [0.2, 0.25) is 0 Å². The molecule has 0 fully saturated rings. The van der Waals surface area contributed by atoms with Crippen molar-refractivity contribution in [2.24, 2.45) is 0 Å². The summed E-state index contributed by atoms with van der Waals surface area (Å²) in [4.78, 5) is 59.2. The minimum atomic E-state index is -4.34. The number of anilines is 10. The van der Waals surface area contributed by atoms with Gasteiger partial charge in [-0.25, -0.2) is 39.9 Å². The number of halogens is 13. The number of fused-ring (bicyclic) bond motifs is 4. The summed E-state index contributed by atoms with van der Waals surface area (Å²) in [7, 11) is -1.35. The van der Waals surface area contributed by atoms with Crippen LogP contribution in [0.3, 0.4) is 0 Å². The Morgan fingerprint density at radius 1 is 0.398 bits per heavy atom. The van der Waals surface area contributed by atoms with Crippen molar-refractivity contribution in [2.45, 2.75) is 146 Å². The van der Waals surface area contributed by atoms with Crippen molar-refractivity contribution in [3.63, 3.8) is 0 Å². The van der Waals surface area contributed by atoms with Gasteiger partial charge < -0.3 is 66.9 Å². The third-order valence-electron chi connectivity index (χ3n) is 20.5. The van der Waals surface area contributed by atoms with Crippen molar-refractivity contribution >= 4 is 97.8 Å². The molecule has 0 unspecified atom stereocenters. The maximum atomic E-state index is 12.7. The van der Waals surface area contributed by atoms with E-state index in [1.807, 2.05) is 61.5 Å². The zero-order chi connectivity index (χ0) is 95.6. The fourth-order valence-electron chi connectivity index (χ4n) is 13.6. The van der Waals surface area contributed by atoms with Crippen molar-refractivity contribution in [1.29, 1.82) is 0 Å². The number of hydrogen-bond acceptors (Lipinski definition) is 21. The van der Waals surface area contributed by atoms with Crippen LogP contribution >= 0.6 is 15.9 Å².